The number of amides is 2. The van der Waals surface area contributed by atoms with Gasteiger partial charge < -0.3 is 5.32 Å². The van der Waals surface area contributed by atoms with Crippen LogP contribution in [0.1, 0.15) is 30.0 Å². The zero-order valence-corrected chi connectivity index (χ0v) is 16.7. The van der Waals surface area contributed by atoms with Gasteiger partial charge in [0.15, 0.2) is 0 Å². The second kappa shape index (κ2) is 8.79. The first-order valence-electron chi connectivity index (χ1n) is 10.0. The summed E-state index contributed by atoms with van der Waals surface area (Å²) in [5.74, 6) is -0.683. The molecule has 0 aliphatic carbocycles. The Hall–Kier alpha value is -4.00. The van der Waals surface area contributed by atoms with Gasteiger partial charge in [-0.1, -0.05) is 60.7 Å². The van der Waals surface area contributed by atoms with Crippen LogP contribution in [0.3, 0.4) is 0 Å². The van der Waals surface area contributed by atoms with Gasteiger partial charge in [0.05, 0.1) is 16.7 Å². The molecule has 0 bridgehead atoms. The highest BCUT2D eigenvalue weighted by molar-refractivity contribution is 6.20. The van der Waals surface area contributed by atoms with Crippen LogP contribution in [-0.4, -0.2) is 16.7 Å². The van der Waals surface area contributed by atoms with E-state index in [1.165, 1.54) is 6.07 Å². The average Bonchev–Trinajstić information content (AvgIpc) is 3.12. The SMILES string of the molecule is O=C1CCC(=O)N1c1ccc(NC(Cc2ccccc2)c2ccccc2)c([N+](=O)[O-])c1. The van der Waals surface area contributed by atoms with Gasteiger partial charge >= 0.3 is 0 Å². The van der Waals surface area contributed by atoms with Crippen molar-refractivity contribution in [3.05, 3.63) is 100 Å². The summed E-state index contributed by atoms with van der Waals surface area (Å²) < 4.78 is 0. The number of hydrogen-bond donors (Lipinski definition) is 1. The topological polar surface area (TPSA) is 92.6 Å². The van der Waals surface area contributed by atoms with E-state index in [0.717, 1.165) is 16.0 Å². The minimum absolute atomic E-state index is 0.125. The number of carbonyl (C=O) groups is 2. The number of nitro benzene ring substituents is 1. The molecule has 4 rings (SSSR count). The third-order valence-electron chi connectivity index (χ3n) is 5.30. The number of nitrogens with zero attached hydrogens (tertiary/aromatic N) is 2. The second-order valence-electron chi connectivity index (χ2n) is 7.38. The van der Waals surface area contributed by atoms with Gasteiger partial charge in [-0.05, 0) is 29.7 Å². The van der Waals surface area contributed by atoms with Crippen molar-refractivity contribution in [1.82, 2.24) is 0 Å². The summed E-state index contributed by atoms with van der Waals surface area (Å²) in [5, 5.41) is 15.1. The number of benzene rings is 3. The summed E-state index contributed by atoms with van der Waals surface area (Å²) >= 11 is 0. The van der Waals surface area contributed by atoms with E-state index in [-0.39, 0.29) is 42.1 Å². The molecule has 1 aliphatic heterocycles. The van der Waals surface area contributed by atoms with Gasteiger partial charge in [0.25, 0.3) is 5.69 Å². The monoisotopic (exact) mass is 415 g/mol. The fourth-order valence-electron chi connectivity index (χ4n) is 3.77. The number of hydrogen-bond acceptors (Lipinski definition) is 5. The maximum absolute atomic E-state index is 12.0. The van der Waals surface area contributed by atoms with Crippen molar-refractivity contribution in [2.24, 2.45) is 0 Å². The lowest BCUT2D eigenvalue weighted by Gasteiger charge is -2.21. The molecule has 2 amide bonds. The van der Waals surface area contributed by atoms with E-state index < -0.39 is 4.92 Å². The lowest BCUT2D eigenvalue weighted by Crippen LogP contribution is -2.28. The molecule has 0 radical (unpaired) electrons. The molecule has 7 nitrogen and oxygen atoms in total. The molecule has 7 heteroatoms. The van der Waals surface area contributed by atoms with Crippen LogP contribution in [0.2, 0.25) is 0 Å². The highest BCUT2D eigenvalue weighted by Crippen LogP contribution is 2.34. The van der Waals surface area contributed by atoms with E-state index in [1.807, 2.05) is 60.7 Å². The molecule has 0 spiro atoms. The Kier molecular flexibility index (Phi) is 5.75. The summed E-state index contributed by atoms with van der Waals surface area (Å²) in [6.07, 6.45) is 0.881. The summed E-state index contributed by atoms with van der Waals surface area (Å²) in [5.41, 5.74) is 2.46. The van der Waals surface area contributed by atoms with Gasteiger partial charge in [-0.25, -0.2) is 0 Å². The first-order valence-corrected chi connectivity index (χ1v) is 10.0. The highest BCUT2D eigenvalue weighted by atomic mass is 16.6. The smallest absolute Gasteiger partial charge is 0.294 e. The van der Waals surface area contributed by atoms with Crippen LogP contribution in [-0.2, 0) is 16.0 Å². The summed E-state index contributed by atoms with van der Waals surface area (Å²) in [6.45, 7) is 0. The number of imide groups is 1. The van der Waals surface area contributed by atoms with Crippen LogP contribution >= 0.6 is 0 Å². The van der Waals surface area contributed by atoms with Gasteiger partial charge in [0.2, 0.25) is 11.8 Å². The molecule has 1 saturated heterocycles. The zero-order valence-electron chi connectivity index (χ0n) is 16.7. The van der Waals surface area contributed by atoms with Crippen LogP contribution in [0.5, 0.6) is 0 Å². The third kappa shape index (κ3) is 4.45. The predicted molar refractivity (Wildman–Crippen MR) is 118 cm³/mol. The van der Waals surface area contributed by atoms with Crippen molar-refractivity contribution in [3.8, 4) is 0 Å². The van der Waals surface area contributed by atoms with Gasteiger partial charge in [-0.2, -0.15) is 0 Å². The Morgan fingerprint density at radius 1 is 0.903 bits per heavy atom. The lowest BCUT2D eigenvalue weighted by molar-refractivity contribution is -0.383. The van der Waals surface area contributed by atoms with Crippen molar-refractivity contribution in [2.75, 3.05) is 10.2 Å². The third-order valence-corrected chi connectivity index (χ3v) is 5.30. The number of nitro groups is 1. The van der Waals surface area contributed by atoms with E-state index in [1.54, 1.807) is 12.1 Å². The highest BCUT2D eigenvalue weighted by Gasteiger charge is 2.32. The Morgan fingerprint density at radius 2 is 1.52 bits per heavy atom. The number of anilines is 2. The number of nitrogens with one attached hydrogen (secondary N) is 1. The van der Waals surface area contributed by atoms with Crippen molar-refractivity contribution in [1.29, 1.82) is 0 Å². The molecule has 1 N–H and O–H groups in total. The molecular formula is C24H21N3O4. The molecule has 156 valence electrons. The van der Waals surface area contributed by atoms with Crippen molar-refractivity contribution < 1.29 is 14.5 Å². The van der Waals surface area contributed by atoms with E-state index in [9.17, 15) is 19.7 Å². The predicted octanol–water partition coefficient (Wildman–Crippen LogP) is 4.64. The quantitative estimate of drug-likeness (QED) is 0.345. The van der Waals surface area contributed by atoms with Gasteiger partial charge in [0.1, 0.15) is 5.69 Å². The summed E-state index contributed by atoms with van der Waals surface area (Å²) in [6, 6.07) is 23.8. The van der Waals surface area contributed by atoms with E-state index in [0.29, 0.717) is 12.1 Å². The van der Waals surface area contributed by atoms with E-state index in [4.69, 9.17) is 0 Å². The standard InChI is InChI=1S/C24H21N3O4/c28-23-13-14-24(29)26(23)19-11-12-20(22(16-19)27(30)31)25-21(18-9-5-2-6-10-18)15-17-7-3-1-4-8-17/h1-12,16,21,25H,13-15H2. The molecule has 0 aromatic heterocycles. The maximum atomic E-state index is 12.0. The largest absolute Gasteiger partial charge is 0.372 e. The summed E-state index contributed by atoms with van der Waals surface area (Å²) in [7, 11) is 0. The molecule has 1 heterocycles. The summed E-state index contributed by atoms with van der Waals surface area (Å²) in [4.78, 5) is 36.4. The van der Waals surface area contributed by atoms with Crippen LogP contribution in [0.25, 0.3) is 0 Å². The zero-order chi connectivity index (χ0) is 21.8. The van der Waals surface area contributed by atoms with Crippen molar-refractivity contribution in [2.45, 2.75) is 25.3 Å². The molecular weight excluding hydrogens is 394 g/mol. The normalized spacial score (nSPS) is 14.5. The minimum Gasteiger partial charge on any atom is -0.372 e. The molecule has 31 heavy (non-hydrogen) atoms. The average molecular weight is 415 g/mol. The molecule has 1 fully saturated rings. The maximum Gasteiger partial charge on any atom is 0.294 e. The minimum atomic E-state index is -0.499. The van der Waals surface area contributed by atoms with Crippen molar-refractivity contribution >= 4 is 28.9 Å². The lowest BCUT2D eigenvalue weighted by atomic mass is 9.98. The molecule has 1 aliphatic rings. The molecule has 3 aromatic rings. The molecule has 1 atom stereocenters. The van der Waals surface area contributed by atoms with Crippen LogP contribution < -0.4 is 10.2 Å². The Labute approximate surface area is 179 Å². The fourth-order valence-corrected chi connectivity index (χ4v) is 3.77. The van der Waals surface area contributed by atoms with Gasteiger partial charge in [-0.3, -0.25) is 24.6 Å². The van der Waals surface area contributed by atoms with Gasteiger partial charge in [0, 0.05) is 18.9 Å². The van der Waals surface area contributed by atoms with E-state index >= 15 is 0 Å². The Bertz CT molecular complexity index is 1100. The first kappa shape index (κ1) is 20.3. The fraction of sp³-hybridized carbons (Fsp3) is 0.167. The van der Waals surface area contributed by atoms with Crippen LogP contribution in [0, 0.1) is 10.1 Å². The second-order valence-corrected chi connectivity index (χ2v) is 7.38. The first-order chi connectivity index (χ1) is 15.0. The number of carbonyl (C=O) groups excluding carboxylic acids is 2. The van der Waals surface area contributed by atoms with Crippen LogP contribution in [0.4, 0.5) is 17.1 Å². The Balaban J connectivity index is 1.68. The van der Waals surface area contributed by atoms with Gasteiger partial charge in [-0.15, -0.1) is 0 Å². The molecule has 1 unspecified atom stereocenters. The molecule has 3 aromatic carbocycles. The Morgan fingerprint density at radius 3 is 2.13 bits per heavy atom. The van der Waals surface area contributed by atoms with Crippen molar-refractivity contribution in [3.63, 3.8) is 0 Å². The van der Waals surface area contributed by atoms with Crippen LogP contribution in [0.15, 0.2) is 78.9 Å². The van der Waals surface area contributed by atoms with E-state index in [2.05, 4.69) is 5.32 Å². The molecule has 0 saturated carbocycles. The number of rotatable bonds is 7.